The molecule has 2 aromatic carbocycles. The lowest BCUT2D eigenvalue weighted by molar-refractivity contribution is -0.384. The lowest BCUT2D eigenvalue weighted by Crippen LogP contribution is -2.34. The van der Waals surface area contributed by atoms with Gasteiger partial charge in [-0.2, -0.15) is 0 Å². The van der Waals surface area contributed by atoms with Gasteiger partial charge in [0, 0.05) is 41.7 Å². The van der Waals surface area contributed by atoms with Gasteiger partial charge < -0.3 is 25.0 Å². The van der Waals surface area contributed by atoms with Crippen molar-refractivity contribution in [2.24, 2.45) is 0 Å². The number of aliphatic carboxylic acids is 2. The first kappa shape index (κ1) is 36.2. The van der Waals surface area contributed by atoms with Crippen LogP contribution in [0.3, 0.4) is 0 Å². The summed E-state index contributed by atoms with van der Waals surface area (Å²) < 4.78 is 10.6. The Balaban J connectivity index is 0.000000665. The van der Waals surface area contributed by atoms with Gasteiger partial charge in [0.15, 0.2) is 0 Å². The number of rotatable bonds is 12. The van der Waals surface area contributed by atoms with Gasteiger partial charge in [-0.05, 0) is 63.7 Å². The maximum atomic E-state index is 13.5. The molecule has 0 bridgehead atoms. The molecule has 2 unspecified atom stereocenters. The maximum absolute atomic E-state index is 13.5. The van der Waals surface area contributed by atoms with E-state index in [9.17, 15) is 29.3 Å². The molecular formula is C34H39N3O10. The van der Waals surface area contributed by atoms with E-state index in [1.165, 1.54) is 24.8 Å². The Labute approximate surface area is 272 Å². The van der Waals surface area contributed by atoms with Crippen LogP contribution in [0.1, 0.15) is 62.6 Å². The van der Waals surface area contributed by atoms with Gasteiger partial charge in [0.25, 0.3) is 5.69 Å². The van der Waals surface area contributed by atoms with E-state index in [-0.39, 0.29) is 29.5 Å². The fourth-order valence-electron chi connectivity index (χ4n) is 5.79. The summed E-state index contributed by atoms with van der Waals surface area (Å²) in [6, 6.07) is 16.5. The lowest BCUT2D eigenvalue weighted by atomic mass is 9.79. The molecule has 0 spiro atoms. The Hall–Kier alpha value is -5.30. The minimum Gasteiger partial charge on any atom is -0.478 e. The van der Waals surface area contributed by atoms with Crippen LogP contribution >= 0.6 is 0 Å². The number of hydrogen-bond donors (Lipinski definition) is 3. The van der Waals surface area contributed by atoms with Crippen LogP contribution in [0.2, 0.25) is 0 Å². The number of non-ortho nitro benzene ring substituents is 1. The number of carbonyl (C=O) groups excluding carboxylic acids is 2. The molecular weight excluding hydrogens is 610 g/mol. The zero-order chi connectivity index (χ0) is 34.5. The number of carboxylic acid groups (broad SMARTS) is 2. The molecule has 1 fully saturated rings. The zero-order valence-electron chi connectivity index (χ0n) is 26.5. The van der Waals surface area contributed by atoms with Crippen LogP contribution in [0.5, 0.6) is 0 Å². The van der Waals surface area contributed by atoms with E-state index >= 15 is 0 Å². The molecule has 3 N–H and O–H groups in total. The maximum Gasteiger partial charge on any atom is 0.336 e. The van der Waals surface area contributed by atoms with Gasteiger partial charge in [-0.25, -0.2) is 19.2 Å². The molecule has 0 aromatic heterocycles. The van der Waals surface area contributed by atoms with E-state index in [2.05, 4.69) is 22.3 Å². The summed E-state index contributed by atoms with van der Waals surface area (Å²) in [7, 11) is 1.27. The largest absolute Gasteiger partial charge is 0.478 e. The van der Waals surface area contributed by atoms with Crippen molar-refractivity contribution in [3.05, 3.63) is 111 Å². The molecule has 2 aliphatic rings. The summed E-state index contributed by atoms with van der Waals surface area (Å²) in [4.78, 5) is 59.2. The van der Waals surface area contributed by atoms with Gasteiger partial charge in [0.2, 0.25) is 0 Å². The number of nitro groups is 1. The minimum atomic E-state index is -1.26. The van der Waals surface area contributed by atoms with Crippen molar-refractivity contribution in [2.45, 2.75) is 51.5 Å². The van der Waals surface area contributed by atoms with E-state index in [0.29, 0.717) is 35.5 Å². The number of methoxy groups -OCH3 is 1. The second-order valence-corrected chi connectivity index (χ2v) is 10.8. The summed E-state index contributed by atoms with van der Waals surface area (Å²) in [5, 5.41) is 30.5. The van der Waals surface area contributed by atoms with Gasteiger partial charge in [0.05, 0.1) is 35.7 Å². The van der Waals surface area contributed by atoms with Gasteiger partial charge in [-0.3, -0.25) is 15.0 Å². The Bertz CT molecular complexity index is 1540. The SMILES string of the molecule is CCOC(=O)C1=C(CCC(c2ccccc2)N2CCCC2)NC(C)=C(C(=O)OC)C1c1cccc([N+](=O)[O-])c1.O=C(O)C=CC(=O)O. The number of nitro benzene ring substituents is 1. The standard InChI is InChI=1S/C30H35N3O6.C4H4O4/c1-4-39-30(35)28-24(15-16-25(32-17-8-9-18-32)21-11-6-5-7-12-21)31-20(2)26(29(34)38-3)27(28)22-13-10-14-23(19-22)33(36)37;5-3(6)1-2-4(7)8/h5-7,10-14,19,25,27,31H,4,8-9,15-18H2,1-3H3;1-2H,(H,5,6)(H,7,8). The highest BCUT2D eigenvalue weighted by Crippen LogP contribution is 2.42. The van der Waals surface area contributed by atoms with Crippen LogP contribution in [0.15, 0.2) is 89.3 Å². The van der Waals surface area contributed by atoms with Crippen LogP contribution in [0.25, 0.3) is 0 Å². The fourth-order valence-corrected chi connectivity index (χ4v) is 5.79. The van der Waals surface area contributed by atoms with E-state index in [0.717, 1.165) is 32.4 Å². The second-order valence-electron chi connectivity index (χ2n) is 10.8. The van der Waals surface area contributed by atoms with E-state index in [1.807, 2.05) is 18.2 Å². The molecule has 2 aliphatic heterocycles. The van der Waals surface area contributed by atoms with E-state index in [1.54, 1.807) is 26.0 Å². The van der Waals surface area contributed by atoms with Crippen molar-refractivity contribution in [1.82, 2.24) is 10.2 Å². The molecule has 47 heavy (non-hydrogen) atoms. The first-order valence-electron chi connectivity index (χ1n) is 15.1. The zero-order valence-corrected chi connectivity index (χ0v) is 26.5. The fraction of sp³-hybridized carbons (Fsp3) is 0.353. The Morgan fingerprint density at radius 3 is 2.19 bits per heavy atom. The number of likely N-dealkylation sites (tertiary alicyclic amines) is 1. The molecule has 0 radical (unpaired) electrons. The highest BCUT2D eigenvalue weighted by molar-refractivity contribution is 6.00. The van der Waals surface area contributed by atoms with Crippen molar-refractivity contribution in [3.8, 4) is 0 Å². The number of ether oxygens (including phenoxy) is 2. The van der Waals surface area contributed by atoms with Crippen molar-refractivity contribution in [3.63, 3.8) is 0 Å². The van der Waals surface area contributed by atoms with Crippen LogP contribution < -0.4 is 5.32 Å². The molecule has 0 saturated carbocycles. The van der Waals surface area contributed by atoms with Gasteiger partial charge >= 0.3 is 23.9 Å². The first-order valence-corrected chi connectivity index (χ1v) is 15.1. The number of nitrogens with one attached hydrogen (secondary N) is 1. The number of carboxylic acids is 2. The smallest absolute Gasteiger partial charge is 0.336 e. The normalized spacial score (nSPS) is 17.0. The molecule has 250 valence electrons. The monoisotopic (exact) mass is 649 g/mol. The third kappa shape index (κ3) is 9.84. The quantitative estimate of drug-likeness (QED) is 0.123. The third-order valence-electron chi connectivity index (χ3n) is 7.76. The van der Waals surface area contributed by atoms with Gasteiger partial charge in [-0.15, -0.1) is 0 Å². The van der Waals surface area contributed by atoms with Crippen molar-refractivity contribution < 1.29 is 43.8 Å². The molecule has 2 heterocycles. The molecule has 0 aliphatic carbocycles. The number of hydrogen-bond acceptors (Lipinski definition) is 10. The van der Waals surface area contributed by atoms with Crippen LogP contribution in [0.4, 0.5) is 5.69 Å². The summed E-state index contributed by atoms with van der Waals surface area (Å²) in [6.45, 7) is 5.65. The molecule has 2 aromatic rings. The van der Waals surface area contributed by atoms with Gasteiger partial charge in [0.1, 0.15) is 0 Å². The minimum absolute atomic E-state index is 0.129. The summed E-state index contributed by atoms with van der Waals surface area (Å²) in [5.74, 6) is -4.58. The van der Waals surface area contributed by atoms with Crippen molar-refractivity contribution in [2.75, 3.05) is 26.8 Å². The first-order chi connectivity index (χ1) is 22.5. The average molecular weight is 650 g/mol. The number of nitrogens with zero attached hydrogens (tertiary/aromatic N) is 2. The molecule has 13 nitrogen and oxygen atoms in total. The van der Waals surface area contributed by atoms with Crippen molar-refractivity contribution in [1.29, 1.82) is 0 Å². The lowest BCUT2D eigenvalue weighted by Gasteiger charge is -2.33. The Morgan fingerprint density at radius 2 is 1.64 bits per heavy atom. The molecule has 4 rings (SSSR count). The highest BCUT2D eigenvalue weighted by atomic mass is 16.6. The summed E-state index contributed by atoms with van der Waals surface area (Å²) in [5.41, 5.74) is 3.22. The second kappa shape index (κ2) is 17.4. The Morgan fingerprint density at radius 1 is 1.00 bits per heavy atom. The topological polar surface area (TPSA) is 186 Å². The molecule has 2 atom stereocenters. The summed E-state index contributed by atoms with van der Waals surface area (Å²) in [6.07, 6.45) is 4.67. The molecule has 13 heteroatoms. The highest BCUT2D eigenvalue weighted by Gasteiger charge is 2.39. The number of allylic oxidation sites excluding steroid dienone is 2. The summed E-state index contributed by atoms with van der Waals surface area (Å²) >= 11 is 0. The van der Waals surface area contributed by atoms with Crippen LogP contribution in [-0.4, -0.2) is 70.7 Å². The van der Waals surface area contributed by atoms with Gasteiger partial charge in [-0.1, -0.05) is 42.5 Å². The predicted molar refractivity (Wildman–Crippen MR) is 171 cm³/mol. The van der Waals surface area contributed by atoms with Crippen LogP contribution in [0, 0.1) is 10.1 Å². The number of esters is 2. The van der Waals surface area contributed by atoms with E-state index in [4.69, 9.17) is 19.7 Å². The third-order valence-corrected chi connectivity index (χ3v) is 7.76. The molecule has 0 amide bonds. The number of dihydropyridines is 1. The van der Waals surface area contributed by atoms with Crippen molar-refractivity contribution >= 4 is 29.6 Å². The Kier molecular flexibility index (Phi) is 13.4. The predicted octanol–water partition coefficient (Wildman–Crippen LogP) is 4.87. The number of carbonyl (C=O) groups is 4. The molecule has 1 saturated heterocycles. The van der Waals surface area contributed by atoms with Crippen LogP contribution in [-0.2, 0) is 28.7 Å². The number of benzene rings is 2. The average Bonchev–Trinajstić information content (AvgIpc) is 3.59. The van der Waals surface area contributed by atoms with E-state index < -0.39 is 34.7 Å².